The SMILES string of the molecule is O=C(Nc1ccc(-c2c[nH]c(=O)cn2)cc1)c1ccc([N+](=O)[O-])cc1. The molecule has 3 rings (SSSR count). The lowest BCUT2D eigenvalue weighted by Gasteiger charge is -2.06. The van der Waals surface area contributed by atoms with Gasteiger partial charge in [-0.15, -0.1) is 0 Å². The number of hydrogen-bond donors (Lipinski definition) is 2. The molecule has 0 atom stereocenters. The van der Waals surface area contributed by atoms with E-state index in [1.807, 2.05) is 0 Å². The van der Waals surface area contributed by atoms with Crippen LogP contribution >= 0.6 is 0 Å². The molecule has 0 radical (unpaired) electrons. The lowest BCUT2D eigenvalue weighted by Crippen LogP contribution is -2.11. The predicted molar refractivity (Wildman–Crippen MR) is 91.3 cm³/mol. The summed E-state index contributed by atoms with van der Waals surface area (Å²) in [4.78, 5) is 39.8. The molecule has 3 aromatic rings. The fourth-order valence-electron chi connectivity index (χ4n) is 2.16. The Morgan fingerprint density at radius 1 is 1.08 bits per heavy atom. The number of carbonyl (C=O) groups excluding carboxylic acids is 1. The molecule has 0 aliphatic carbocycles. The van der Waals surface area contributed by atoms with Crippen LogP contribution in [0.3, 0.4) is 0 Å². The molecule has 0 aliphatic heterocycles. The van der Waals surface area contributed by atoms with Crippen molar-refractivity contribution in [3.63, 3.8) is 0 Å². The summed E-state index contributed by atoms with van der Waals surface area (Å²) in [6.07, 6.45) is 2.70. The molecule has 1 amide bonds. The van der Waals surface area contributed by atoms with Gasteiger partial charge in [0, 0.05) is 35.1 Å². The smallest absolute Gasteiger partial charge is 0.269 e. The molecular weight excluding hydrogens is 324 g/mol. The fraction of sp³-hybridized carbons (Fsp3) is 0. The summed E-state index contributed by atoms with van der Waals surface area (Å²) >= 11 is 0. The minimum Gasteiger partial charge on any atom is -0.326 e. The third kappa shape index (κ3) is 3.75. The van der Waals surface area contributed by atoms with Crippen molar-refractivity contribution >= 4 is 17.3 Å². The van der Waals surface area contributed by atoms with E-state index in [-0.39, 0.29) is 17.2 Å². The lowest BCUT2D eigenvalue weighted by atomic mass is 10.1. The van der Waals surface area contributed by atoms with Crippen LogP contribution in [-0.2, 0) is 0 Å². The maximum absolute atomic E-state index is 12.2. The maximum Gasteiger partial charge on any atom is 0.269 e. The van der Waals surface area contributed by atoms with Crippen molar-refractivity contribution in [1.29, 1.82) is 0 Å². The highest BCUT2D eigenvalue weighted by Crippen LogP contribution is 2.19. The van der Waals surface area contributed by atoms with Crippen molar-refractivity contribution in [2.45, 2.75) is 0 Å². The predicted octanol–water partition coefficient (Wildman–Crippen LogP) is 2.60. The lowest BCUT2D eigenvalue weighted by molar-refractivity contribution is -0.384. The van der Waals surface area contributed by atoms with E-state index < -0.39 is 4.92 Å². The van der Waals surface area contributed by atoms with Gasteiger partial charge in [-0.05, 0) is 24.3 Å². The zero-order valence-electron chi connectivity index (χ0n) is 12.8. The van der Waals surface area contributed by atoms with Crippen LogP contribution in [0.4, 0.5) is 11.4 Å². The average molecular weight is 336 g/mol. The van der Waals surface area contributed by atoms with Crippen LogP contribution in [-0.4, -0.2) is 20.8 Å². The van der Waals surface area contributed by atoms with E-state index in [1.165, 1.54) is 36.7 Å². The van der Waals surface area contributed by atoms with E-state index >= 15 is 0 Å². The number of nitro groups is 1. The van der Waals surface area contributed by atoms with E-state index in [0.29, 0.717) is 16.9 Å². The van der Waals surface area contributed by atoms with Gasteiger partial charge in [-0.2, -0.15) is 0 Å². The molecule has 0 spiro atoms. The highest BCUT2D eigenvalue weighted by Gasteiger charge is 2.10. The van der Waals surface area contributed by atoms with Gasteiger partial charge in [-0.25, -0.2) is 4.98 Å². The molecule has 0 saturated heterocycles. The molecule has 124 valence electrons. The monoisotopic (exact) mass is 336 g/mol. The summed E-state index contributed by atoms with van der Waals surface area (Å²) in [5, 5.41) is 13.3. The van der Waals surface area contributed by atoms with Gasteiger partial charge >= 0.3 is 0 Å². The molecule has 8 heteroatoms. The minimum atomic E-state index is -0.523. The van der Waals surface area contributed by atoms with Crippen LogP contribution in [0.25, 0.3) is 11.3 Å². The number of aromatic amines is 1. The van der Waals surface area contributed by atoms with Gasteiger partial charge in [0.15, 0.2) is 0 Å². The van der Waals surface area contributed by atoms with Crippen molar-refractivity contribution in [2.24, 2.45) is 0 Å². The Morgan fingerprint density at radius 3 is 2.32 bits per heavy atom. The highest BCUT2D eigenvalue weighted by atomic mass is 16.6. The van der Waals surface area contributed by atoms with Crippen LogP contribution in [0.1, 0.15) is 10.4 Å². The quantitative estimate of drug-likeness (QED) is 0.561. The van der Waals surface area contributed by atoms with E-state index in [2.05, 4.69) is 15.3 Å². The van der Waals surface area contributed by atoms with Gasteiger partial charge in [-0.1, -0.05) is 12.1 Å². The molecular formula is C17H12N4O4. The van der Waals surface area contributed by atoms with Crippen molar-refractivity contribution in [1.82, 2.24) is 9.97 Å². The van der Waals surface area contributed by atoms with Crippen LogP contribution in [0.2, 0.25) is 0 Å². The number of anilines is 1. The molecule has 2 N–H and O–H groups in total. The van der Waals surface area contributed by atoms with Crippen LogP contribution in [0.5, 0.6) is 0 Å². The Morgan fingerprint density at radius 2 is 1.76 bits per heavy atom. The molecule has 1 heterocycles. The van der Waals surface area contributed by atoms with Crippen molar-refractivity contribution in [3.8, 4) is 11.3 Å². The van der Waals surface area contributed by atoms with Crippen molar-refractivity contribution < 1.29 is 9.72 Å². The zero-order valence-corrected chi connectivity index (χ0v) is 12.8. The Labute approximate surface area is 141 Å². The Kier molecular flexibility index (Phi) is 4.34. The van der Waals surface area contributed by atoms with Crippen molar-refractivity contribution in [3.05, 3.63) is 87.0 Å². The molecule has 2 aromatic carbocycles. The number of rotatable bonds is 4. The first-order valence-corrected chi connectivity index (χ1v) is 7.24. The number of nitrogens with zero attached hydrogens (tertiary/aromatic N) is 2. The van der Waals surface area contributed by atoms with Gasteiger partial charge in [0.1, 0.15) is 0 Å². The number of H-pyrrole nitrogens is 1. The van der Waals surface area contributed by atoms with Gasteiger partial charge in [0.2, 0.25) is 0 Å². The van der Waals surface area contributed by atoms with Crippen molar-refractivity contribution in [2.75, 3.05) is 5.32 Å². The largest absolute Gasteiger partial charge is 0.326 e. The molecule has 0 fully saturated rings. The molecule has 8 nitrogen and oxygen atoms in total. The molecule has 1 aromatic heterocycles. The number of aromatic nitrogens is 2. The number of carbonyl (C=O) groups is 1. The standard InChI is InChI=1S/C17H12N4O4/c22-16-10-18-15(9-19-16)11-1-5-13(6-2-11)20-17(23)12-3-7-14(8-4-12)21(24)25/h1-10H,(H,19,22)(H,20,23). The molecule has 0 unspecified atom stereocenters. The topological polar surface area (TPSA) is 118 Å². The molecule has 0 saturated carbocycles. The minimum absolute atomic E-state index is 0.0747. The number of amides is 1. The first kappa shape index (κ1) is 16.1. The van der Waals surface area contributed by atoms with Crippen LogP contribution < -0.4 is 10.9 Å². The van der Waals surface area contributed by atoms with E-state index in [1.54, 1.807) is 24.3 Å². The molecule has 0 bridgehead atoms. The summed E-state index contributed by atoms with van der Waals surface area (Å²) in [7, 11) is 0. The summed E-state index contributed by atoms with van der Waals surface area (Å²) < 4.78 is 0. The molecule has 25 heavy (non-hydrogen) atoms. The summed E-state index contributed by atoms with van der Waals surface area (Å²) in [6.45, 7) is 0. The van der Waals surface area contributed by atoms with Gasteiger partial charge in [0.05, 0.1) is 16.8 Å². The number of benzene rings is 2. The summed E-state index contributed by atoms with van der Waals surface area (Å²) in [6, 6.07) is 12.3. The third-order valence-corrected chi connectivity index (χ3v) is 3.45. The second-order valence-electron chi connectivity index (χ2n) is 5.13. The fourth-order valence-corrected chi connectivity index (χ4v) is 2.16. The maximum atomic E-state index is 12.2. The summed E-state index contributed by atoms with van der Waals surface area (Å²) in [5.41, 5.74) is 1.91. The first-order valence-electron chi connectivity index (χ1n) is 7.24. The van der Waals surface area contributed by atoms with Gasteiger partial charge < -0.3 is 10.3 Å². The van der Waals surface area contributed by atoms with Crippen LogP contribution in [0, 0.1) is 10.1 Å². The van der Waals surface area contributed by atoms with E-state index in [0.717, 1.165) is 5.56 Å². The van der Waals surface area contributed by atoms with E-state index in [4.69, 9.17) is 0 Å². The summed E-state index contributed by atoms with van der Waals surface area (Å²) in [5.74, 6) is -0.371. The Bertz CT molecular complexity index is 958. The number of non-ortho nitro benzene ring substituents is 1. The Balaban J connectivity index is 1.72. The highest BCUT2D eigenvalue weighted by molar-refractivity contribution is 6.04. The second-order valence-corrected chi connectivity index (χ2v) is 5.13. The Hall–Kier alpha value is -3.81. The van der Waals surface area contributed by atoms with Gasteiger partial charge in [0.25, 0.3) is 17.2 Å². The average Bonchev–Trinajstić information content (AvgIpc) is 2.63. The molecule has 0 aliphatic rings. The first-order chi connectivity index (χ1) is 12.0. The number of nitro benzene ring substituents is 1. The second kappa shape index (κ2) is 6.75. The zero-order chi connectivity index (χ0) is 17.8. The normalized spacial score (nSPS) is 10.2. The number of nitrogens with one attached hydrogen (secondary N) is 2. The van der Waals surface area contributed by atoms with Crippen LogP contribution in [0.15, 0.2) is 65.7 Å². The van der Waals surface area contributed by atoms with E-state index in [9.17, 15) is 19.7 Å². The van der Waals surface area contributed by atoms with Gasteiger partial charge in [-0.3, -0.25) is 19.7 Å². The number of hydrogen-bond acceptors (Lipinski definition) is 5. The third-order valence-electron chi connectivity index (χ3n) is 3.45.